The van der Waals surface area contributed by atoms with E-state index in [1.807, 2.05) is 18.2 Å². The van der Waals surface area contributed by atoms with Gasteiger partial charge in [0.05, 0.1) is 18.8 Å². The molecule has 32 heavy (non-hydrogen) atoms. The van der Waals surface area contributed by atoms with Gasteiger partial charge in [0.15, 0.2) is 5.78 Å². The summed E-state index contributed by atoms with van der Waals surface area (Å²) in [6.45, 7) is 1.15. The van der Waals surface area contributed by atoms with Crippen LogP contribution < -0.4 is 5.32 Å². The van der Waals surface area contributed by atoms with Gasteiger partial charge in [0, 0.05) is 37.2 Å². The van der Waals surface area contributed by atoms with Gasteiger partial charge in [0.2, 0.25) is 5.92 Å². The molecule has 0 bridgehead atoms. The molecule has 1 saturated heterocycles. The van der Waals surface area contributed by atoms with Crippen molar-refractivity contribution in [2.24, 2.45) is 7.05 Å². The van der Waals surface area contributed by atoms with Gasteiger partial charge in [-0.1, -0.05) is 24.3 Å². The number of carbonyl (C=O) groups excluding carboxylic acids is 3. The van der Waals surface area contributed by atoms with Gasteiger partial charge in [-0.25, -0.2) is 13.6 Å². The van der Waals surface area contributed by atoms with Crippen molar-refractivity contribution in [2.75, 3.05) is 6.54 Å². The Labute approximate surface area is 184 Å². The van der Waals surface area contributed by atoms with E-state index in [-0.39, 0.29) is 19.4 Å². The molecule has 1 aliphatic heterocycles. The maximum absolute atomic E-state index is 13.6. The Kier molecular flexibility index (Phi) is 5.40. The third-order valence-corrected chi connectivity index (χ3v) is 6.56. The SMILES string of the molecule is Cc1c(C(=O)CN2C(=O)NC3(CCC(F)(F)CC3)C2=O)cn(C)c1-c1ccccc1CO. The molecule has 2 heterocycles. The van der Waals surface area contributed by atoms with Crippen molar-refractivity contribution < 1.29 is 28.3 Å². The fourth-order valence-corrected chi connectivity index (χ4v) is 4.74. The van der Waals surface area contributed by atoms with E-state index in [1.165, 1.54) is 0 Å². The second-order valence-electron chi connectivity index (χ2n) is 8.63. The van der Waals surface area contributed by atoms with Crippen molar-refractivity contribution in [1.82, 2.24) is 14.8 Å². The van der Waals surface area contributed by atoms with Crippen LogP contribution in [0.25, 0.3) is 11.3 Å². The van der Waals surface area contributed by atoms with Gasteiger partial charge in [-0.2, -0.15) is 0 Å². The summed E-state index contributed by atoms with van der Waals surface area (Å²) < 4.78 is 28.9. The highest BCUT2D eigenvalue weighted by Gasteiger charge is 2.55. The van der Waals surface area contributed by atoms with E-state index in [4.69, 9.17) is 0 Å². The van der Waals surface area contributed by atoms with Gasteiger partial charge >= 0.3 is 6.03 Å². The molecule has 9 heteroatoms. The number of hydrogen-bond acceptors (Lipinski definition) is 4. The number of aliphatic hydroxyl groups is 1. The van der Waals surface area contributed by atoms with Crippen molar-refractivity contribution in [3.05, 3.63) is 47.2 Å². The van der Waals surface area contributed by atoms with E-state index >= 15 is 0 Å². The Morgan fingerprint density at radius 2 is 1.81 bits per heavy atom. The summed E-state index contributed by atoms with van der Waals surface area (Å²) in [5.74, 6) is -3.89. The molecule has 1 aliphatic carbocycles. The number of urea groups is 1. The van der Waals surface area contributed by atoms with Crippen LogP contribution in [-0.2, 0) is 18.4 Å². The van der Waals surface area contributed by atoms with Crippen LogP contribution in [0.15, 0.2) is 30.5 Å². The van der Waals surface area contributed by atoms with Crippen LogP contribution in [0.5, 0.6) is 0 Å². The summed E-state index contributed by atoms with van der Waals surface area (Å²) in [7, 11) is 1.78. The molecule has 1 aromatic heterocycles. The van der Waals surface area contributed by atoms with E-state index in [0.717, 1.165) is 16.2 Å². The summed E-state index contributed by atoms with van der Waals surface area (Å²) in [6.07, 6.45) is 0.373. The summed E-state index contributed by atoms with van der Waals surface area (Å²) in [6, 6.07) is 6.57. The summed E-state index contributed by atoms with van der Waals surface area (Å²) in [5.41, 5.74) is 1.91. The molecule has 1 saturated carbocycles. The molecule has 1 spiro atoms. The first-order valence-corrected chi connectivity index (χ1v) is 10.5. The Morgan fingerprint density at radius 1 is 1.16 bits per heavy atom. The molecule has 1 aromatic carbocycles. The minimum atomic E-state index is -2.85. The number of rotatable bonds is 5. The topological polar surface area (TPSA) is 91.6 Å². The lowest BCUT2D eigenvalue weighted by molar-refractivity contribution is -0.135. The zero-order valence-corrected chi connectivity index (χ0v) is 18.0. The lowest BCUT2D eigenvalue weighted by Gasteiger charge is -2.34. The molecule has 2 fully saturated rings. The number of alkyl halides is 2. The van der Waals surface area contributed by atoms with Crippen LogP contribution in [0.1, 0.15) is 47.2 Å². The molecule has 0 unspecified atom stereocenters. The molecule has 7 nitrogen and oxygen atoms in total. The monoisotopic (exact) mass is 445 g/mol. The second-order valence-corrected chi connectivity index (χ2v) is 8.63. The van der Waals surface area contributed by atoms with Crippen LogP contribution in [0.2, 0.25) is 0 Å². The first-order chi connectivity index (χ1) is 15.1. The van der Waals surface area contributed by atoms with Crippen LogP contribution in [0.3, 0.4) is 0 Å². The number of imide groups is 1. The number of carbonyl (C=O) groups is 3. The molecule has 3 amide bonds. The maximum atomic E-state index is 13.6. The second kappa shape index (κ2) is 7.81. The van der Waals surface area contributed by atoms with Crippen LogP contribution in [-0.4, -0.2) is 50.3 Å². The Hall–Kier alpha value is -3.07. The Balaban J connectivity index is 1.58. The van der Waals surface area contributed by atoms with Gasteiger partial charge in [0.1, 0.15) is 5.54 Å². The predicted molar refractivity (Wildman–Crippen MR) is 112 cm³/mol. The van der Waals surface area contributed by atoms with Crippen LogP contribution in [0, 0.1) is 6.92 Å². The number of nitrogens with zero attached hydrogens (tertiary/aromatic N) is 2. The lowest BCUT2D eigenvalue weighted by Crippen LogP contribution is -2.51. The smallest absolute Gasteiger partial charge is 0.325 e. The number of Topliss-reactive ketones (excluding diaryl/α,β-unsaturated/α-hetero) is 1. The molecular weight excluding hydrogens is 420 g/mol. The maximum Gasteiger partial charge on any atom is 0.325 e. The number of halogens is 2. The predicted octanol–water partition coefficient (Wildman–Crippen LogP) is 3.18. The average molecular weight is 445 g/mol. The molecule has 4 rings (SSSR count). The number of amides is 3. The van der Waals surface area contributed by atoms with Gasteiger partial charge in [-0.3, -0.25) is 14.5 Å². The average Bonchev–Trinajstić information content (AvgIpc) is 3.18. The number of aryl methyl sites for hydroxylation is 1. The van der Waals surface area contributed by atoms with Crippen molar-refractivity contribution in [1.29, 1.82) is 0 Å². The summed E-state index contributed by atoms with van der Waals surface area (Å²) in [5, 5.41) is 12.2. The normalized spacial score (nSPS) is 19.5. The highest BCUT2D eigenvalue weighted by atomic mass is 19.3. The van der Waals surface area contributed by atoms with Crippen LogP contribution in [0.4, 0.5) is 13.6 Å². The molecule has 2 aliphatic rings. The standard InChI is InChI=1S/C23H25F2N3O4/c1-14-17(11-27(2)19(14)16-6-4-3-5-15(16)13-29)18(30)12-28-20(31)22(26-21(28)32)7-9-23(24,25)10-8-22/h3-6,11,29H,7-10,12-13H2,1-2H3,(H,26,32). The van der Waals surface area contributed by atoms with E-state index < -0.39 is 48.6 Å². The van der Waals surface area contributed by atoms with Gasteiger partial charge < -0.3 is 15.0 Å². The van der Waals surface area contributed by atoms with Crippen molar-refractivity contribution in [2.45, 2.75) is 50.7 Å². The van der Waals surface area contributed by atoms with E-state index in [9.17, 15) is 28.3 Å². The van der Waals surface area contributed by atoms with E-state index in [2.05, 4.69) is 5.32 Å². The highest BCUT2D eigenvalue weighted by molar-refractivity contribution is 6.11. The molecule has 2 N–H and O–H groups in total. The minimum Gasteiger partial charge on any atom is -0.392 e. The summed E-state index contributed by atoms with van der Waals surface area (Å²) >= 11 is 0. The first-order valence-electron chi connectivity index (χ1n) is 10.5. The third-order valence-electron chi connectivity index (χ3n) is 6.56. The molecular formula is C23H25F2N3O4. The summed E-state index contributed by atoms with van der Waals surface area (Å²) in [4.78, 5) is 39.3. The molecule has 2 aromatic rings. The van der Waals surface area contributed by atoms with E-state index in [0.29, 0.717) is 16.7 Å². The molecule has 170 valence electrons. The number of ketones is 1. The lowest BCUT2D eigenvalue weighted by atomic mass is 9.80. The van der Waals surface area contributed by atoms with Gasteiger partial charge in [-0.15, -0.1) is 0 Å². The third kappa shape index (κ3) is 3.60. The molecule has 0 radical (unpaired) electrons. The van der Waals surface area contributed by atoms with Crippen molar-refractivity contribution in [3.63, 3.8) is 0 Å². The minimum absolute atomic E-state index is 0.151. The highest BCUT2D eigenvalue weighted by Crippen LogP contribution is 2.41. The van der Waals surface area contributed by atoms with Gasteiger partial charge in [0.25, 0.3) is 5.91 Å². The van der Waals surface area contributed by atoms with Crippen LogP contribution >= 0.6 is 0 Å². The molecule has 0 atom stereocenters. The number of benzene rings is 1. The number of aromatic nitrogens is 1. The van der Waals surface area contributed by atoms with Crippen molar-refractivity contribution >= 4 is 17.7 Å². The van der Waals surface area contributed by atoms with Gasteiger partial charge in [-0.05, 0) is 30.9 Å². The fourth-order valence-electron chi connectivity index (χ4n) is 4.74. The van der Waals surface area contributed by atoms with E-state index in [1.54, 1.807) is 30.8 Å². The Bertz CT molecular complexity index is 1100. The fraction of sp³-hybridized carbons (Fsp3) is 0.435. The zero-order chi connectivity index (χ0) is 23.3. The van der Waals surface area contributed by atoms with Crippen molar-refractivity contribution in [3.8, 4) is 11.3 Å². The number of hydrogen-bond donors (Lipinski definition) is 2. The largest absolute Gasteiger partial charge is 0.392 e. The number of aliphatic hydroxyl groups excluding tert-OH is 1. The quantitative estimate of drug-likeness (QED) is 0.546. The number of nitrogens with one attached hydrogen (secondary N) is 1. The zero-order valence-electron chi connectivity index (χ0n) is 18.0. The first kappa shape index (κ1) is 22.1. The Morgan fingerprint density at radius 3 is 2.47 bits per heavy atom.